The molecule has 23 heavy (non-hydrogen) atoms. The standard InChI is InChI=1S/C18H20N2O3/c21-15-3-1-13(2-4-15)16-5-6-17(23-16)18(22)19-14-9-12-7-8-20(10-12)11-14/h1-6,12,14,21H,7-11H2,(H,19,22)/t12-,14+/m0/s1. The molecule has 0 aliphatic carbocycles. The van der Waals surface area contributed by atoms with Crippen LogP contribution in [0.2, 0.25) is 0 Å². The Balaban J connectivity index is 1.44. The van der Waals surface area contributed by atoms with E-state index < -0.39 is 0 Å². The molecule has 1 aromatic carbocycles. The maximum Gasteiger partial charge on any atom is 0.287 e. The summed E-state index contributed by atoms with van der Waals surface area (Å²) in [5, 5.41) is 12.4. The number of fused-ring (bicyclic) bond motifs is 2. The average Bonchev–Trinajstić information content (AvgIpc) is 3.15. The molecule has 1 aromatic heterocycles. The molecule has 2 fully saturated rings. The lowest BCUT2D eigenvalue weighted by atomic mass is 9.97. The minimum absolute atomic E-state index is 0.150. The minimum Gasteiger partial charge on any atom is -0.508 e. The summed E-state index contributed by atoms with van der Waals surface area (Å²) in [7, 11) is 0. The van der Waals surface area contributed by atoms with Crippen LogP contribution >= 0.6 is 0 Å². The van der Waals surface area contributed by atoms with Crippen LogP contribution < -0.4 is 5.32 Å². The molecule has 2 saturated heterocycles. The van der Waals surface area contributed by atoms with Crippen LogP contribution in [0.3, 0.4) is 0 Å². The molecule has 2 bridgehead atoms. The van der Waals surface area contributed by atoms with Gasteiger partial charge in [-0.1, -0.05) is 0 Å². The molecule has 2 aromatic rings. The van der Waals surface area contributed by atoms with Gasteiger partial charge in [0.15, 0.2) is 5.76 Å². The Morgan fingerprint density at radius 3 is 2.78 bits per heavy atom. The number of aromatic hydroxyl groups is 1. The second-order valence-electron chi connectivity index (χ2n) is 6.53. The van der Waals surface area contributed by atoms with Crippen LogP contribution in [0.15, 0.2) is 40.8 Å². The third-order valence-electron chi connectivity index (χ3n) is 4.78. The summed E-state index contributed by atoms with van der Waals surface area (Å²) in [5.74, 6) is 1.74. The highest BCUT2D eigenvalue weighted by atomic mass is 16.3. The van der Waals surface area contributed by atoms with E-state index in [4.69, 9.17) is 4.42 Å². The van der Waals surface area contributed by atoms with Gasteiger partial charge in [-0.2, -0.15) is 0 Å². The molecule has 5 nitrogen and oxygen atoms in total. The highest BCUT2D eigenvalue weighted by molar-refractivity contribution is 5.92. The topological polar surface area (TPSA) is 65.7 Å². The highest BCUT2D eigenvalue weighted by Crippen LogP contribution is 2.27. The van der Waals surface area contributed by atoms with E-state index in [1.165, 1.54) is 13.0 Å². The number of carbonyl (C=O) groups is 1. The van der Waals surface area contributed by atoms with Gasteiger partial charge in [-0.25, -0.2) is 0 Å². The van der Waals surface area contributed by atoms with E-state index in [9.17, 15) is 9.90 Å². The number of hydrogen-bond donors (Lipinski definition) is 2. The number of hydrogen-bond acceptors (Lipinski definition) is 4. The van der Waals surface area contributed by atoms with Crippen molar-refractivity contribution in [2.24, 2.45) is 5.92 Å². The smallest absolute Gasteiger partial charge is 0.287 e. The largest absolute Gasteiger partial charge is 0.508 e. The van der Waals surface area contributed by atoms with Gasteiger partial charge in [0.2, 0.25) is 0 Å². The van der Waals surface area contributed by atoms with Crippen molar-refractivity contribution in [3.63, 3.8) is 0 Å². The fourth-order valence-electron chi connectivity index (χ4n) is 3.66. The summed E-state index contributed by atoms with van der Waals surface area (Å²) in [6, 6.07) is 10.4. The Kier molecular flexibility index (Phi) is 3.58. The van der Waals surface area contributed by atoms with Crippen LogP contribution in [0.25, 0.3) is 11.3 Å². The number of furan rings is 1. The van der Waals surface area contributed by atoms with Gasteiger partial charge < -0.3 is 19.7 Å². The zero-order chi connectivity index (χ0) is 15.8. The molecule has 0 radical (unpaired) electrons. The number of piperidine rings is 1. The summed E-state index contributed by atoms with van der Waals surface area (Å²) in [6.45, 7) is 3.27. The first kappa shape index (κ1) is 14.3. The number of carbonyl (C=O) groups excluding carboxylic acids is 1. The molecule has 3 heterocycles. The molecule has 2 aliphatic rings. The lowest BCUT2D eigenvalue weighted by Gasteiger charge is -2.30. The molecular formula is C18H20N2O3. The second-order valence-corrected chi connectivity index (χ2v) is 6.53. The van der Waals surface area contributed by atoms with E-state index in [-0.39, 0.29) is 17.7 Å². The monoisotopic (exact) mass is 312 g/mol. The number of amides is 1. The van der Waals surface area contributed by atoms with Crippen molar-refractivity contribution in [3.8, 4) is 17.1 Å². The average molecular weight is 312 g/mol. The molecule has 120 valence electrons. The van der Waals surface area contributed by atoms with Gasteiger partial charge in [0.1, 0.15) is 11.5 Å². The van der Waals surface area contributed by atoms with Crippen LogP contribution in [-0.4, -0.2) is 41.6 Å². The van der Waals surface area contributed by atoms with Gasteiger partial charge in [0, 0.05) is 24.7 Å². The highest BCUT2D eigenvalue weighted by Gasteiger charge is 2.33. The maximum absolute atomic E-state index is 12.4. The van der Waals surface area contributed by atoms with Gasteiger partial charge in [0.25, 0.3) is 5.91 Å². The third kappa shape index (κ3) is 2.97. The van der Waals surface area contributed by atoms with E-state index in [1.807, 2.05) is 0 Å². The van der Waals surface area contributed by atoms with Crippen LogP contribution in [0, 0.1) is 5.92 Å². The lowest BCUT2D eigenvalue weighted by Crippen LogP contribution is -2.46. The Bertz CT molecular complexity index is 695. The third-order valence-corrected chi connectivity index (χ3v) is 4.78. The van der Waals surface area contributed by atoms with Crippen LogP contribution in [0.1, 0.15) is 23.4 Å². The van der Waals surface area contributed by atoms with E-state index in [1.54, 1.807) is 36.4 Å². The second kappa shape index (κ2) is 5.74. The number of phenolic OH excluding ortho intramolecular Hbond substituents is 1. The predicted octanol–water partition coefficient (Wildman–Crippen LogP) is 2.48. The van der Waals surface area contributed by atoms with E-state index >= 15 is 0 Å². The van der Waals surface area contributed by atoms with E-state index in [2.05, 4.69) is 10.2 Å². The van der Waals surface area contributed by atoms with Crippen molar-refractivity contribution in [2.45, 2.75) is 18.9 Å². The zero-order valence-electron chi connectivity index (χ0n) is 12.9. The summed E-state index contributed by atoms with van der Waals surface area (Å²) < 4.78 is 5.67. The molecular weight excluding hydrogens is 292 g/mol. The van der Waals surface area contributed by atoms with Gasteiger partial charge in [-0.05, 0) is 61.7 Å². The lowest BCUT2D eigenvalue weighted by molar-refractivity contribution is 0.0882. The number of nitrogens with one attached hydrogen (secondary N) is 1. The van der Waals surface area contributed by atoms with E-state index in [0.717, 1.165) is 31.0 Å². The molecule has 0 spiro atoms. The van der Waals surface area contributed by atoms with E-state index in [0.29, 0.717) is 11.5 Å². The molecule has 2 N–H and O–H groups in total. The summed E-state index contributed by atoms with van der Waals surface area (Å²) >= 11 is 0. The van der Waals surface area contributed by atoms with Crippen molar-refractivity contribution in [3.05, 3.63) is 42.2 Å². The van der Waals surface area contributed by atoms with Crippen molar-refractivity contribution in [1.82, 2.24) is 10.2 Å². The van der Waals surface area contributed by atoms with Crippen molar-refractivity contribution >= 4 is 5.91 Å². The first-order valence-corrected chi connectivity index (χ1v) is 8.10. The molecule has 4 rings (SSSR count). The molecule has 3 atom stereocenters. The number of phenols is 1. The van der Waals surface area contributed by atoms with Crippen molar-refractivity contribution in [1.29, 1.82) is 0 Å². The number of nitrogens with zero attached hydrogens (tertiary/aromatic N) is 1. The van der Waals surface area contributed by atoms with Gasteiger partial charge in [0.05, 0.1) is 0 Å². The first-order chi connectivity index (χ1) is 11.2. The van der Waals surface area contributed by atoms with Gasteiger partial charge in [-0.15, -0.1) is 0 Å². The Morgan fingerprint density at radius 2 is 2.00 bits per heavy atom. The fourth-order valence-corrected chi connectivity index (χ4v) is 3.66. The molecule has 1 amide bonds. The normalized spacial score (nSPS) is 26.2. The minimum atomic E-state index is -0.150. The molecule has 2 aliphatic heterocycles. The summed E-state index contributed by atoms with van der Waals surface area (Å²) in [5.41, 5.74) is 0.837. The first-order valence-electron chi connectivity index (χ1n) is 8.10. The predicted molar refractivity (Wildman–Crippen MR) is 86.2 cm³/mol. The summed E-state index contributed by atoms with van der Waals surface area (Å²) in [6.07, 6.45) is 2.31. The fraction of sp³-hybridized carbons (Fsp3) is 0.389. The Morgan fingerprint density at radius 1 is 1.17 bits per heavy atom. The Labute approximate surface area is 134 Å². The van der Waals surface area contributed by atoms with Crippen LogP contribution in [0.5, 0.6) is 5.75 Å². The quantitative estimate of drug-likeness (QED) is 0.914. The van der Waals surface area contributed by atoms with Crippen molar-refractivity contribution in [2.75, 3.05) is 19.6 Å². The molecule has 0 saturated carbocycles. The number of benzene rings is 1. The van der Waals surface area contributed by atoms with Crippen molar-refractivity contribution < 1.29 is 14.3 Å². The maximum atomic E-state index is 12.4. The van der Waals surface area contributed by atoms with Gasteiger partial charge >= 0.3 is 0 Å². The Hall–Kier alpha value is -2.27. The molecule has 1 unspecified atom stereocenters. The summed E-state index contributed by atoms with van der Waals surface area (Å²) in [4.78, 5) is 14.8. The molecule has 5 heteroatoms. The van der Waals surface area contributed by atoms with Crippen LogP contribution in [-0.2, 0) is 0 Å². The zero-order valence-corrected chi connectivity index (χ0v) is 12.9. The van der Waals surface area contributed by atoms with Crippen LogP contribution in [0.4, 0.5) is 0 Å². The SMILES string of the molecule is O=C(N[C@@H]1C[C@@H]2CCN(C2)C1)c1ccc(-c2ccc(O)cc2)o1. The van der Waals surface area contributed by atoms with Gasteiger partial charge in [-0.3, -0.25) is 4.79 Å². The number of rotatable bonds is 3.